The van der Waals surface area contributed by atoms with E-state index < -0.39 is 5.82 Å². The molecule has 1 aromatic heterocycles. The molecule has 1 atom stereocenters. The molecule has 2 aromatic rings. The van der Waals surface area contributed by atoms with Gasteiger partial charge in [0.2, 0.25) is 0 Å². The van der Waals surface area contributed by atoms with E-state index >= 15 is 0 Å². The van der Waals surface area contributed by atoms with E-state index in [1.807, 2.05) is 6.07 Å². The molecule has 4 nitrogen and oxygen atoms in total. The molecule has 3 N–H and O–H groups in total. The number of hydrazine groups is 1. The van der Waals surface area contributed by atoms with E-state index in [0.717, 1.165) is 11.1 Å². The number of aromatic nitrogens is 1. The molecule has 1 aromatic carbocycles. The van der Waals surface area contributed by atoms with Crippen molar-refractivity contribution in [1.82, 2.24) is 10.4 Å². The fourth-order valence-electron chi connectivity index (χ4n) is 1.94. The van der Waals surface area contributed by atoms with Crippen molar-refractivity contribution < 1.29 is 9.13 Å². The van der Waals surface area contributed by atoms with Crippen molar-refractivity contribution in [2.24, 2.45) is 5.84 Å². The van der Waals surface area contributed by atoms with Crippen molar-refractivity contribution in [1.29, 1.82) is 0 Å². The van der Waals surface area contributed by atoms with E-state index in [4.69, 9.17) is 22.2 Å². The summed E-state index contributed by atoms with van der Waals surface area (Å²) in [5, 5.41) is 0.417. The van der Waals surface area contributed by atoms with Crippen molar-refractivity contribution in [3.63, 3.8) is 0 Å². The van der Waals surface area contributed by atoms with Gasteiger partial charge in [-0.15, -0.1) is 0 Å². The van der Waals surface area contributed by atoms with Crippen LogP contribution >= 0.6 is 11.6 Å². The zero-order chi connectivity index (χ0) is 14.5. The van der Waals surface area contributed by atoms with Gasteiger partial charge >= 0.3 is 0 Å². The number of rotatable bonds is 5. The highest BCUT2D eigenvalue weighted by molar-refractivity contribution is 6.29. The quantitative estimate of drug-likeness (QED) is 0.506. The molecule has 0 aliphatic heterocycles. The van der Waals surface area contributed by atoms with E-state index in [1.165, 1.54) is 13.2 Å². The first-order valence-corrected chi connectivity index (χ1v) is 6.42. The molecule has 0 fully saturated rings. The van der Waals surface area contributed by atoms with Crippen LogP contribution < -0.4 is 16.0 Å². The maximum atomic E-state index is 13.7. The third-order valence-corrected chi connectivity index (χ3v) is 3.23. The highest BCUT2D eigenvalue weighted by atomic mass is 35.5. The summed E-state index contributed by atoms with van der Waals surface area (Å²) in [5.41, 5.74) is 4.39. The minimum Gasteiger partial charge on any atom is -0.494 e. The number of hydrogen-bond donors (Lipinski definition) is 2. The van der Waals surface area contributed by atoms with Gasteiger partial charge in [-0.2, -0.15) is 0 Å². The Kier molecular flexibility index (Phi) is 4.89. The number of pyridine rings is 1. The van der Waals surface area contributed by atoms with Gasteiger partial charge in [-0.05, 0) is 35.7 Å². The predicted molar refractivity (Wildman–Crippen MR) is 76.0 cm³/mol. The summed E-state index contributed by atoms with van der Waals surface area (Å²) in [6.07, 6.45) is 2.17. The summed E-state index contributed by atoms with van der Waals surface area (Å²) in [5.74, 6) is 5.38. The van der Waals surface area contributed by atoms with Gasteiger partial charge in [0.25, 0.3) is 0 Å². The van der Waals surface area contributed by atoms with Gasteiger partial charge in [0.1, 0.15) is 5.15 Å². The number of nitrogens with one attached hydrogen (secondary N) is 1. The number of ether oxygens (including phenoxy) is 1. The monoisotopic (exact) mass is 295 g/mol. The Morgan fingerprint density at radius 3 is 2.75 bits per heavy atom. The zero-order valence-corrected chi connectivity index (χ0v) is 11.7. The number of methoxy groups -OCH3 is 1. The van der Waals surface area contributed by atoms with Crippen LogP contribution in [0.4, 0.5) is 4.39 Å². The number of nitrogens with two attached hydrogens (primary N) is 1. The lowest BCUT2D eigenvalue weighted by Gasteiger charge is -2.16. The standard InChI is InChI=1S/C14H15ClFN3O/c1-20-13-4-2-9(6-11(13)16)7-12(19-17)10-3-5-14(15)18-8-10/h2-6,8,12,19H,7,17H2,1H3. The molecule has 0 amide bonds. The van der Waals surface area contributed by atoms with Crippen LogP contribution in [0.15, 0.2) is 36.5 Å². The first-order chi connectivity index (χ1) is 9.63. The molecule has 2 rings (SSSR count). The van der Waals surface area contributed by atoms with Gasteiger partial charge in [-0.1, -0.05) is 23.7 Å². The molecule has 6 heteroatoms. The van der Waals surface area contributed by atoms with Crippen molar-refractivity contribution in [3.8, 4) is 5.75 Å². The highest BCUT2D eigenvalue weighted by Crippen LogP contribution is 2.22. The Bertz CT molecular complexity index is 577. The SMILES string of the molecule is COc1ccc(CC(NN)c2ccc(Cl)nc2)cc1F. The minimum atomic E-state index is -0.394. The van der Waals surface area contributed by atoms with Gasteiger partial charge in [-0.3, -0.25) is 11.3 Å². The number of nitrogens with zero attached hydrogens (tertiary/aromatic N) is 1. The van der Waals surface area contributed by atoms with Crippen LogP contribution in [-0.2, 0) is 6.42 Å². The molecule has 0 bridgehead atoms. The van der Waals surface area contributed by atoms with Crippen LogP contribution in [-0.4, -0.2) is 12.1 Å². The largest absolute Gasteiger partial charge is 0.494 e. The van der Waals surface area contributed by atoms with Crippen LogP contribution in [0.3, 0.4) is 0 Å². The smallest absolute Gasteiger partial charge is 0.165 e. The fourth-order valence-corrected chi connectivity index (χ4v) is 2.05. The summed E-state index contributed by atoms with van der Waals surface area (Å²) in [7, 11) is 1.43. The topological polar surface area (TPSA) is 60.2 Å². The van der Waals surface area contributed by atoms with Gasteiger partial charge in [0.05, 0.1) is 13.2 Å². The van der Waals surface area contributed by atoms with Crippen molar-refractivity contribution in [2.45, 2.75) is 12.5 Å². The van der Waals surface area contributed by atoms with Gasteiger partial charge < -0.3 is 4.74 Å². The third kappa shape index (κ3) is 3.45. The average molecular weight is 296 g/mol. The molecule has 0 aliphatic carbocycles. The molecule has 0 saturated heterocycles. The van der Waals surface area contributed by atoms with Crippen LogP contribution in [0, 0.1) is 5.82 Å². The summed E-state index contributed by atoms with van der Waals surface area (Å²) >= 11 is 5.75. The molecule has 1 heterocycles. The summed E-state index contributed by atoms with van der Waals surface area (Å²) in [6.45, 7) is 0. The molecular formula is C14H15ClFN3O. The maximum Gasteiger partial charge on any atom is 0.165 e. The predicted octanol–water partition coefficient (Wildman–Crippen LogP) is 2.63. The Hall–Kier alpha value is -1.69. The summed E-state index contributed by atoms with van der Waals surface area (Å²) in [4.78, 5) is 4.01. The lowest BCUT2D eigenvalue weighted by molar-refractivity contribution is 0.386. The highest BCUT2D eigenvalue weighted by Gasteiger charge is 2.12. The van der Waals surface area contributed by atoms with E-state index in [1.54, 1.807) is 24.4 Å². The number of halogens is 2. The van der Waals surface area contributed by atoms with E-state index in [0.29, 0.717) is 11.6 Å². The lowest BCUT2D eigenvalue weighted by atomic mass is 10.0. The molecule has 1 unspecified atom stereocenters. The van der Waals surface area contributed by atoms with Crippen molar-refractivity contribution in [2.75, 3.05) is 7.11 Å². The van der Waals surface area contributed by atoms with Crippen molar-refractivity contribution >= 4 is 11.6 Å². The van der Waals surface area contributed by atoms with Gasteiger partial charge in [-0.25, -0.2) is 9.37 Å². The normalized spacial score (nSPS) is 12.2. The van der Waals surface area contributed by atoms with Crippen LogP contribution in [0.2, 0.25) is 5.15 Å². The molecule has 0 spiro atoms. The number of benzene rings is 1. The van der Waals surface area contributed by atoms with Crippen LogP contribution in [0.1, 0.15) is 17.2 Å². The molecular weight excluding hydrogens is 281 g/mol. The second-order valence-corrected chi connectivity index (χ2v) is 4.69. The Morgan fingerprint density at radius 2 is 2.20 bits per heavy atom. The molecule has 106 valence electrons. The Morgan fingerprint density at radius 1 is 1.40 bits per heavy atom. The molecule has 0 aliphatic rings. The maximum absolute atomic E-state index is 13.7. The second kappa shape index (κ2) is 6.65. The molecule has 0 saturated carbocycles. The van der Waals surface area contributed by atoms with E-state index in [9.17, 15) is 4.39 Å². The van der Waals surface area contributed by atoms with E-state index in [-0.39, 0.29) is 11.8 Å². The second-order valence-electron chi connectivity index (χ2n) is 4.31. The van der Waals surface area contributed by atoms with E-state index in [2.05, 4.69) is 10.4 Å². The van der Waals surface area contributed by atoms with Crippen molar-refractivity contribution in [3.05, 3.63) is 58.6 Å². The third-order valence-electron chi connectivity index (χ3n) is 3.01. The first kappa shape index (κ1) is 14.7. The van der Waals surface area contributed by atoms with Gasteiger partial charge in [0, 0.05) is 6.20 Å². The van der Waals surface area contributed by atoms with Gasteiger partial charge in [0.15, 0.2) is 11.6 Å². The van der Waals surface area contributed by atoms with Crippen LogP contribution in [0.25, 0.3) is 0 Å². The zero-order valence-electron chi connectivity index (χ0n) is 10.9. The Labute approximate surface area is 121 Å². The molecule has 20 heavy (non-hydrogen) atoms. The number of hydrogen-bond acceptors (Lipinski definition) is 4. The van der Waals surface area contributed by atoms with Crippen LogP contribution in [0.5, 0.6) is 5.75 Å². The lowest BCUT2D eigenvalue weighted by Crippen LogP contribution is -2.29. The summed E-state index contributed by atoms with van der Waals surface area (Å²) < 4.78 is 18.5. The fraction of sp³-hybridized carbons (Fsp3) is 0.214. The average Bonchev–Trinajstić information content (AvgIpc) is 2.46. The molecule has 0 radical (unpaired) electrons. The first-order valence-electron chi connectivity index (χ1n) is 6.04. The Balaban J connectivity index is 2.17. The summed E-state index contributed by atoms with van der Waals surface area (Å²) in [6, 6.07) is 8.18. The minimum absolute atomic E-state index is 0.174.